The van der Waals surface area contributed by atoms with Gasteiger partial charge in [0.15, 0.2) is 0 Å². The fourth-order valence-electron chi connectivity index (χ4n) is 0.827. The number of hydrogen-bond acceptors (Lipinski definition) is 0. The van der Waals surface area contributed by atoms with Gasteiger partial charge in [-0.15, -0.1) is 0 Å². The first kappa shape index (κ1) is 10.8. The van der Waals surface area contributed by atoms with Gasteiger partial charge in [-0.25, -0.2) is 0 Å². The van der Waals surface area contributed by atoms with Crippen LogP contribution in [0.3, 0.4) is 0 Å². The van der Waals surface area contributed by atoms with Crippen molar-refractivity contribution in [2.24, 2.45) is 0 Å². The topological polar surface area (TPSA) is 0 Å². The van der Waals surface area contributed by atoms with Crippen molar-refractivity contribution in [2.75, 3.05) is 0 Å². The van der Waals surface area contributed by atoms with Gasteiger partial charge in [-0.05, 0) is 38.0 Å². The molecular formula is C10H14Li. The molecule has 0 spiro atoms. The Morgan fingerprint density at radius 2 is 1.73 bits per heavy atom. The van der Waals surface area contributed by atoms with Crippen molar-refractivity contribution in [1.82, 2.24) is 0 Å². The summed E-state index contributed by atoms with van der Waals surface area (Å²) in [5.41, 5.74) is 5.87. The van der Waals surface area contributed by atoms with E-state index in [0.717, 1.165) is 0 Å². The minimum absolute atomic E-state index is 1.25. The van der Waals surface area contributed by atoms with Crippen molar-refractivity contribution in [2.45, 2.75) is 26.4 Å². The molecule has 0 bridgehead atoms. The molecule has 1 rings (SSSR count). The van der Waals surface area contributed by atoms with Crippen LogP contribution >= 0.6 is 0 Å². The van der Waals surface area contributed by atoms with Gasteiger partial charge in [0.1, 0.15) is 0 Å². The molecule has 0 N–H and O–H groups in total. The van der Waals surface area contributed by atoms with E-state index < -0.39 is 0 Å². The van der Waals surface area contributed by atoms with Gasteiger partial charge in [0.25, 0.3) is 0 Å². The van der Waals surface area contributed by atoms with Gasteiger partial charge in [0, 0.05) is 0 Å². The van der Waals surface area contributed by atoms with E-state index in [1.54, 1.807) is 0 Å². The molecule has 0 aliphatic rings. The Kier molecular flexibility index (Phi) is 5.37. The second kappa shape index (κ2) is 5.47. The summed E-state index contributed by atoms with van der Waals surface area (Å²) >= 11 is 2.00. The molecule has 0 aromatic heterocycles. The van der Waals surface area contributed by atoms with Crippen molar-refractivity contribution in [3.05, 3.63) is 34.9 Å². The Balaban J connectivity index is 0.000000461. The Bertz CT molecular complexity index is 216. The summed E-state index contributed by atoms with van der Waals surface area (Å²) in [6.45, 7) is 6.27. The molecule has 0 atom stereocenters. The normalized spacial score (nSPS) is 8.55. The van der Waals surface area contributed by atoms with Gasteiger partial charge >= 0.3 is 23.3 Å². The third-order valence-corrected chi connectivity index (χ3v) is 1.55. The Labute approximate surface area is 79.2 Å². The second-order valence-corrected chi connectivity index (χ2v) is 2.49. The maximum atomic E-state index is 3.17. The summed E-state index contributed by atoms with van der Waals surface area (Å²) in [5.74, 6) is 0. The van der Waals surface area contributed by atoms with Gasteiger partial charge < -0.3 is 0 Å². The van der Waals surface area contributed by atoms with Crippen LogP contribution in [0.4, 0.5) is 0 Å². The summed E-state index contributed by atoms with van der Waals surface area (Å²) in [6, 6.07) is 7.36. The monoisotopic (exact) mass is 141 g/mol. The summed E-state index contributed by atoms with van der Waals surface area (Å²) in [6.07, 6.45) is 0. The van der Waals surface area contributed by atoms with Crippen LogP contribution in [0.25, 0.3) is 0 Å². The predicted octanol–water partition coefficient (Wildman–Crippen LogP) is 2.62. The molecule has 0 unspecified atom stereocenters. The second-order valence-electron chi connectivity index (χ2n) is 2.49. The maximum absolute atomic E-state index is 3.17. The molecule has 0 fully saturated rings. The zero-order chi connectivity index (χ0) is 8.85. The fourth-order valence-corrected chi connectivity index (χ4v) is 0.827. The first-order valence-corrected chi connectivity index (χ1v) is 4.15. The third-order valence-electron chi connectivity index (χ3n) is 1.55. The van der Waals surface area contributed by atoms with Gasteiger partial charge in [0.05, 0.1) is 0 Å². The number of aryl methyl sites for hydroxylation is 3. The summed E-state index contributed by atoms with van der Waals surface area (Å²) < 4.78 is 0. The quantitative estimate of drug-likeness (QED) is 0.487. The summed E-state index contributed by atoms with van der Waals surface area (Å²) in [5, 5.41) is 0. The molecule has 1 radical (unpaired) electrons. The minimum atomic E-state index is 1.25. The predicted molar refractivity (Wildman–Crippen MR) is 51.1 cm³/mol. The summed E-state index contributed by atoms with van der Waals surface area (Å²) in [4.78, 5) is 0. The van der Waals surface area contributed by atoms with Gasteiger partial charge in [-0.1, -0.05) is 17.7 Å². The van der Waals surface area contributed by atoms with E-state index in [9.17, 15) is 0 Å². The molecule has 0 heterocycles. The van der Waals surface area contributed by atoms with Crippen molar-refractivity contribution in [1.29, 1.82) is 0 Å². The standard InChI is InChI=1S/C9H11.CH3.Li/c1-7-4-5-8(2)9(3)6-7;;/h4,6H,1-3H3;1H3;. The van der Waals surface area contributed by atoms with E-state index in [0.29, 0.717) is 0 Å². The molecule has 0 saturated heterocycles. The number of benzene rings is 1. The van der Waals surface area contributed by atoms with Gasteiger partial charge in [-0.2, -0.15) is 0 Å². The average molecular weight is 141 g/mol. The van der Waals surface area contributed by atoms with Crippen molar-refractivity contribution >= 4 is 17.7 Å². The van der Waals surface area contributed by atoms with E-state index in [2.05, 4.69) is 32.9 Å². The molecular weight excluding hydrogens is 127 g/mol. The Morgan fingerprint density at radius 3 is 2.09 bits per heavy atom. The van der Waals surface area contributed by atoms with Crippen LogP contribution in [0.2, 0.25) is 5.60 Å². The Hall–Kier alpha value is -0.183. The van der Waals surface area contributed by atoms with Gasteiger partial charge in [0.2, 0.25) is 0 Å². The van der Waals surface area contributed by atoms with E-state index in [1.165, 1.54) is 16.7 Å². The van der Waals surface area contributed by atoms with Crippen LogP contribution in [-0.4, -0.2) is 17.7 Å². The molecule has 1 aromatic rings. The molecule has 1 heteroatoms. The van der Waals surface area contributed by atoms with Crippen LogP contribution in [0.15, 0.2) is 12.1 Å². The van der Waals surface area contributed by atoms with Crippen molar-refractivity contribution in [3.8, 4) is 0 Å². The van der Waals surface area contributed by atoms with Crippen LogP contribution in [0.5, 0.6) is 0 Å². The molecule has 11 heavy (non-hydrogen) atoms. The van der Waals surface area contributed by atoms with Crippen LogP contribution in [0, 0.1) is 26.8 Å². The molecule has 0 saturated carbocycles. The van der Waals surface area contributed by atoms with Crippen LogP contribution in [-0.2, 0) is 0 Å². The van der Waals surface area contributed by atoms with Crippen molar-refractivity contribution < 1.29 is 0 Å². The zero-order valence-electron chi connectivity index (χ0n) is 8.15. The Morgan fingerprint density at radius 1 is 1.18 bits per heavy atom. The third kappa shape index (κ3) is 3.65. The molecule has 0 aliphatic heterocycles. The first-order valence-electron chi connectivity index (χ1n) is 4.15. The number of hydrogen-bond donors (Lipinski definition) is 0. The zero-order valence-corrected chi connectivity index (χ0v) is 8.15. The molecule has 0 nitrogen and oxygen atoms in total. The van der Waals surface area contributed by atoms with E-state index in [4.69, 9.17) is 0 Å². The van der Waals surface area contributed by atoms with Crippen LogP contribution < -0.4 is 0 Å². The molecule has 0 aliphatic carbocycles. The molecule has 0 amide bonds. The number of rotatable bonds is 0. The van der Waals surface area contributed by atoms with Crippen molar-refractivity contribution in [3.63, 3.8) is 0 Å². The van der Waals surface area contributed by atoms with E-state index in [1.807, 2.05) is 29.4 Å². The first-order chi connectivity index (χ1) is 5.20. The van der Waals surface area contributed by atoms with E-state index in [-0.39, 0.29) is 0 Å². The van der Waals surface area contributed by atoms with Crippen LogP contribution in [0.1, 0.15) is 16.7 Å². The summed E-state index contributed by atoms with van der Waals surface area (Å²) in [7, 11) is 0. The van der Waals surface area contributed by atoms with Gasteiger partial charge in [-0.3, -0.25) is 0 Å². The molecule has 1 aromatic carbocycles. The fraction of sp³-hybridized carbons (Fsp3) is 0.400. The van der Waals surface area contributed by atoms with E-state index >= 15 is 0 Å². The SMILES string of the molecule is Cc1c[c]c(C)c(C)c1.[Li][CH3]. The molecule has 55 valence electrons. The average Bonchev–Trinajstić information content (AvgIpc) is 2.02.